The monoisotopic (exact) mass is 593 g/mol. The van der Waals surface area contributed by atoms with Crippen molar-refractivity contribution in [3.63, 3.8) is 0 Å². The number of rotatable bonds is 5. The molecule has 3 aromatic carbocycles. The number of aromatic nitrogens is 2. The van der Waals surface area contributed by atoms with Gasteiger partial charge in [-0.05, 0) is 62.0 Å². The van der Waals surface area contributed by atoms with Gasteiger partial charge in [-0.25, -0.2) is 0 Å². The van der Waals surface area contributed by atoms with Crippen molar-refractivity contribution in [1.82, 2.24) is 15.5 Å². The van der Waals surface area contributed by atoms with Crippen LogP contribution in [0.1, 0.15) is 51.2 Å². The van der Waals surface area contributed by atoms with E-state index in [9.17, 15) is 18.3 Å². The van der Waals surface area contributed by atoms with E-state index in [-0.39, 0.29) is 28.5 Å². The fraction of sp³-hybridized carbons (Fsp3) is 0.375. The van der Waals surface area contributed by atoms with E-state index in [1.807, 2.05) is 59.5 Å². The van der Waals surface area contributed by atoms with E-state index in [2.05, 4.69) is 41.6 Å². The zero-order chi connectivity index (χ0) is 29.7. The Morgan fingerprint density at radius 2 is 1.67 bits per heavy atom. The summed E-state index contributed by atoms with van der Waals surface area (Å²) in [6.45, 7) is 7.56. The number of alkyl halides is 3. The molecule has 4 aromatic rings. The summed E-state index contributed by atoms with van der Waals surface area (Å²) in [7, 11) is 0. The van der Waals surface area contributed by atoms with Crippen LogP contribution >= 0.6 is 11.3 Å². The molecule has 1 saturated heterocycles. The molecule has 1 aromatic heterocycles. The molecule has 2 aliphatic rings. The van der Waals surface area contributed by atoms with Gasteiger partial charge in [0.15, 0.2) is 0 Å². The fourth-order valence-electron chi connectivity index (χ4n) is 6.62. The maximum absolute atomic E-state index is 14.7. The van der Waals surface area contributed by atoms with Crippen LogP contribution in [0.2, 0.25) is 0 Å². The lowest BCUT2D eigenvalue weighted by Gasteiger charge is -2.45. The summed E-state index contributed by atoms with van der Waals surface area (Å²) in [6.07, 6.45) is -2.85. The average Bonchev–Trinajstić information content (AvgIpc) is 3.51. The number of benzene rings is 3. The number of phenolic OH excluding ortho intramolecular Hbond substituents is 1. The number of para-hydroxylation sites is 2. The van der Waals surface area contributed by atoms with E-state index in [0.717, 1.165) is 16.6 Å². The zero-order valence-electron chi connectivity index (χ0n) is 23.8. The van der Waals surface area contributed by atoms with Gasteiger partial charge in [-0.3, -0.25) is 0 Å². The summed E-state index contributed by atoms with van der Waals surface area (Å²) in [4.78, 5) is 1.97. The molecule has 1 spiro atoms. The molecule has 0 amide bonds. The number of nitrogens with one attached hydrogen (secondary N) is 2. The van der Waals surface area contributed by atoms with Gasteiger partial charge in [-0.15, -0.1) is 10.2 Å². The lowest BCUT2D eigenvalue weighted by atomic mass is 9.65. The van der Waals surface area contributed by atoms with Gasteiger partial charge < -0.3 is 20.6 Å². The molecule has 220 valence electrons. The molecule has 1 atom stereocenters. The number of fused-ring (bicyclic) bond motifs is 2. The van der Waals surface area contributed by atoms with Crippen LogP contribution in [0.3, 0.4) is 0 Å². The summed E-state index contributed by atoms with van der Waals surface area (Å²) >= 11 is 1.40. The number of nitrogens with zero attached hydrogens (tertiary/aromatic N) is 3. The van der Waals surface area contributed by atoms with E-state index < -0.39 is 17.2 Å². The van der Waals surface area contributed by atoms with Crippen molar-refractivity contribution in [2.45, 2.75) is 57.7 Å². The van der Waals surface area contributed by atoms with Crippen LogP contribution in [-0.2, 0) is 11.6 Å². The molecule has 3 heterocycles. The van der Waals surface area contributed by atoms with E-state index in [1.165, 1.54) is 17.4 Å². The summed E-state index contributed by atoms with van der Waals surface area (Å²) in [5.41, 5.74) is 1.13. The summed E-state index contributed by atoms with van der Waals surface area (Å²) < 4.78 is 44.0. The van der Waals surface area contributed by atoms with Crippen LogP contribution in [-0.4, -0.2) is 34.4 Å². The molecule has 6 nitrogen and oxygen atoms in total. The van der Waals surface area contributed by atoms with E-state index in [1.54, 1.807) is 0 Å². The minimum atomic E-state index is -4.56. The molecular weight excluding hydrogens is 559 g/mol. The van der Waals surface area contributed by atoms with E-state index >= 15 is 0 Å². The van der Waals surface area contributed by atoms with Crippen molar-refractivity contribution in [2.24, 2.45) is 5.41 Å². The molecule has 6 rings (SSSR count). The lowest BCUT2D eigenvalue weighted by Crippen LogP contribution is -2.51. The lowest BCUT2D eigenvalue weighted by molar-refractivity contribution is -0.138. The molecule has 3 N–H and O–H groups in total. The number of anilines is 4. The summed E-state index contributed by atoms with van der Waals surface area (Å²) in [5, 5.41) is 28.1. The van der Waals surface area contributed by atoms with Crippen molar-refractivity contribution in [3.05, 3.63) is 77.9 Å². The number of aromatic hydroxyl groups is 1. The topological polar surface area (TPSA) is 73.3 Å². The fourth-order valence-corrected chi connectivity index (χ4v) is 7.38. The average molecular weight is 594 g/mol. The van der Waals surface area contributed by atoms with Gasteiger partial charge in [-0.1, -0.05) is 74.6 Å². The molecule has 0 saturated carbocycles. The number of piperidine rings is 1. The van der Waals surface area contributed by atoms with E-state index in [4.69, 9.17) is 0 Å². The molecule has 0 bridgehead atoms. The SMILES string of the molecule is CC(C)(C)CC1N(c2ccccc2Nc2nnc(-c3ccccc3)s2)c2c(O)ccc(C(F)(F)F)c2C12CCNCC2. The summed E-state index contributed by atoms with van der Waals surface area (Å²) in [6, 6.07) is 19.2. The first-order chi connectivity index (χ1) is 20.0. The highest BCUT2D eigenvalue weighted by Crippen LogP contribution is 2.61. The Balaban J connectivity index is 1.52. The quantitative estimate of drug-likeness (QED) is 0.216. The highest BCUT2D eigenvalue weighted by molar-refractivity contribution is 7.18. The van der Waals surface area contributed by atoms with Crippen molar-refractivity contribution >= 4 is 33.5 Å². The minimum absolute atomic E-state index is 0.149. The highest BCUT2D eigenvalue weighted by Gasteiger charge is 2.57. The standard InChI is InChI=1S/C32H34F3N5OS/c1-30(2,3)19-25-31(15-17-36-18-16-31)26-21(32(33,34)35)13-14-24(41)27(26)40(25)23-12-8-7-11-22(23)37-29-39-38-28(42-29)20-9-5-4-6-10-20/h4-14,25,36,41H,15-19H2,1-3H3,(H,37,39). The minimum Gasteiger partial charge on any atom is -0.506 e. The zero-order valence-corrected chi connectivity index (χ0v) is 24.6. The number of phenols is 1. The largest absolute Gasteiger partial charge is 0.506 e. The molecule has 42 heavy (non-hydrogen) atoms. The first kappa shape index (κ1) is 28.5. The van der Waals surface area contributed by atoms with Crippen LogP contribution in [0, 0.1) is 5.41 Å². The second-order valence-corrected chi connectivity index (χ2v) is 13.3. The van der Waals surface area contributed by atoms with Crippen molar-refractivity contribution in [3.8, 4) is 16.3 Å². The predicted molar refractivity (Wildman–Crippen MR) is 162 cm³/mol. The predicted octanol–water partition coefficient (Wildman–Crippen LogP) is 8.25. The molecular formula is C32H34F3N5OS. The van der Waals surface area contributed by atoms with Gasteiger partial charge in [0.2, 0.25) is 5.13 Å². The third-order valence-corrected chi connectivity index (χ3v) is 9.19. The Labute approximate surface area is 247 Å². The van der Waals surface area contributed by atoms with Crippen LogP contribution in [0.25, 0.3) is 10.6 Å². The molecule has 0 radical (unpaired) electrons. The Kier molecular flexibility index (Phi) is 7.17. The van der Waals surface area contributed by atoms with Crippen molar-refractivity contribution in [1.29, 1.82) is 0 Å². The van der Waals surface area contributed by atoms with Gasteiger partial charge in [-0.2, -0.15) is 13.2 Å². The van der Waals surface area contributed by atoms with Crippen LogP contribution in [0.15, 0.2) is 66.7 Å². The van der Waals surface area contributed by atoms with Gasteiger partial charge in [0.25, 0.3) is 0 Å². The number of hydrogen-bond acceptors (Lipinski definition) is 7. The molecule has 0 aliphatic carbocycles. The van der Waals surface area contributed by atoms with Crippen LogP contribution < -0.4 is 15.5 Å². The van der Waals surface area contributed by atoms with Crippen molar-refractivity contribution in [2.75, 3.05) is 23.3 Å². The Hall–Kier alpha value is -3.63. The molecule has 10 heteroatoms. The molecule has 2 aliphatic heterocycles. The third kappa shape index (κ3) is 5.11. The first-order valence-corrected chi connectivity index (χ1v) is 15.0. The Morgan fingerprint density at radius 1 is 0.976 bits per heavy atom. The first-order valence-electron chi connectivity index (χ1n) is 14.2. The van der Waals surface area contributed by atoms with Gasteiger partial charge in [0.1, 0.15) is 10.8 Å². The third-order valence-electron chi connectivity index (χ3n) is 8.30. The van der Waals surface area contributed by atoms with Crippen LogP contribution in [0.4, 0.5) is 35.4 Å². The highest BCUT2D eigenvalue weighted by atomic mass is 32.1. The van der Waals surface area contributed by atoms with Crippen molar-refractivity contribution < 1.29 is 18.3 Å². The molecule has 1 unspecified atom stereocenters. The van der Waals surface area contributed by atoms with Gasteiger partial charge in [0.05, 0.1) is 22.6 Å². The number of hydrogen-bond donors (Lipinski definition) is 3. The van der Waals surface area contributed by atoms with Gasteiger partial charge in [0, 0.05) is 22.6 Å². The maximum atomic E-state index is 14.7. The number of halogens is 3. The smallest absolute Gasteiger partial charge is 0.416 e. The second-order valence-electron chi connectivity index (χ2n) is 12.3. The van der Waals surface area contributed by atoms with Gasteiger partial charge >= 0.3 is 6.18 Å². The maximum Gasteiger partial charge on any atom is 0.416 e. The van der Waals surface area contributed by atoms with Crippen LogP contribution in [0.5, 0.6) is 5.75 Å². The second kappa shape index (κ2) is 10.6. The normalized spacial score (nSPS) is 18.3. The molecule has 1 fully saturated rings. The summed E-state index contributed by atoms with van der Waals surface area (Å²) in [5.74, 6) is -0.149. The van der Waals surface area contributed by atoms with E-state index in [0.29, 0.717) is 48.9 Å². The Bertz CT molecular complexity index is 1580. The Morgan fingerprint density at radius 3 is 2.36 bits per heavy atom.